The molecule has 2 heterocycles. The van der Waals surface area contributed by atoms with Crippen LogP contribution in [0.2, 0.25) is 0 Å². The minimum atomic E-state index is -5.81. The quantitative estimate of drug-likeness (QED) is 0.00889. The Balaban J connectivity index is 1.94. The van der Waals surface area contributed by atoms with E-state index in [1.165, 1.54) is 141 Å². The van der Waals surface area contributed by atoms with Gasteiger partial charge in [-0.05, 0) is 109 Å². The predicted octanol–water partition coefficient (Wildman–Crippen LogP) is 16.6. The van der Waals surface area contributed by atoms with Crippen LogP contribution >= 0.6 is 7.82 Å². The Labute approximate surface area is 697 Å². The van der Waals surface area contributed by atoms with Crippen LogP contribution in [0.1, 0.15) is 375 Å². The fourth-order valence-electron chi connectivity index (χ4n) is 15.0. The number of aliphatic hydroxyl groups is 9. The number of phosphoric acid groups is 1. The molecule has 0 aromatic rings. The fraction of sp³-hybridized carbons (Fsp3) is 0.889. The smallest absolute Gasteiger partial charge is 0.463 e. The molecule has 0 radical (unpaired) electrons. The number of hydrogen-bond acceptors (Lipinski definition) is 24. The van der Waals surface area contributed by atoms with Crippen molar-refractivity contribution in [2.24, 2.45) is 5.92 Å². The largest absolute Gasteiger partial charge is 0.472 e. The van der Waals surface area contributed by atoms with E-state index in [9.17, 15) is 74.6 Å². The maximum Gasteiger partial charge on any atom is 0.472 e. The van der Waals surface area contributed by atoms with E-state index in [4.69, 9.17) is 46.9 Å². The van der Waals surface area contributed by atoms with E-state index in [0.29, 0.717) is 50.9 Å². The van der Waals surface area contributed by atoms with Gasteiger partial charge in [-0.25, -0.2) is 4.57 Å². The number of esters is 4. The summed E-state index contributed by atoms with van der Waals surface area (Å²) < 4.78 is 73.3. The molecule has 19 atom stereocenters. The lowest BCUT2D eigenvalue weighted by Gasteiger charge is -2.50. The van der Waals surface area contributed by atoms with Gasteiger partial charge in [0.1, 0.15) is 92.6 Å². The zero-order valence-corrected chi connectivity index (χ0v) is 73.1. The molecule has 19 unspecified atom stereocenters. The van der Waals surface area contributed by atoms with Crippen molar-refractivity contribution < 1.29 is 122 Å². The van der Waals surface area contributed by atoms with Crippen LogP contribution in [0.4, 0.5) is 0 Å². The molecule has 25 nitrogen and oxygen atoms in total. The first kappa shape index (κ1) is 107. The molecule has 2 aliphatic heterocycles. The Hall–Kier alpha value is -3.31. The van der Waals surface area contributed by atoms with Gasteiger partial charge >= 0.3 is 31.7 Å². The highest BCUT2D eigenvalue weighted by atomic mass is 31.2. The van der Waals surface area contributed by atoms with E-state index in [0.717, 1.165) is 128 Å². The van der Waals surface area contributed by atoms with Crippen molar-refractivity contribution in [1.82, 2.24) is 0 Å². The third kappa shape index (κ3) is 48.5. The van der Waals surface area contributed by atoms with Crippen molar-refractivity contribution in [3.8, 4) is 0 Å². The first-order chi connectivity index (χ1) is 56.1. The van der Waals surface area contributed by atoms with Crippen LogP contribution in [-0.4, -0.2) is 205 Å². The number of hydrogen-bond donors (Lipinski definition) is 10. The van der Waals surface area contributed by atoms with E-state index >= 15 is 0 Å². The molecule has 26 heteroatoms. The molecule has 3 fully saturated rings. The highest BCUT2D eigenvalue weighted by Crippen LogP contribution is 2.49. The van der Waals surface area contributed by atoms with Crippen molar-refractivity contribution in [2.45, 2.75) is 479 Å². The zero-order chi connectivity index (χ0) is 84.8. The van der Waals surface area contributed by atoms with Gasteiger partial charge in [0, 0.05) is 25.7 Å². The van der Waals surface area contributed by atoms with Crippen molar-refractivity contribution in [1.29, 1.82) is 0 Å². The summed E-state index contributed by atoms with van der Waals surface area (Å²) in [4.78, 5) is 66.4. The van der Waals surface area contributed by atoms with Gasteiger partial charge in [0.2, 0.25) is 0 Å². The highest BCUT2D eigenvalue weighted by Gasteiger charge is 2.60. The molecule has 1 saturated carbocycles. The molecule has 3 rings (SSSR count). The maximum atomic E-state index is 14.9. The van der Waals surface area contributed by atoms with Gasteiger partial charge in [-0.3, -0.25) is 28.2 Å². The minimum Gasteiger partial charge on any atom is -0.463 e. The lowest BCUT2D eigenvalue weighted by atomic mass is 9.84. The van der Waals surface area contributed by atoms with Crippen molar-refractivity contribution in [3.63, 3.8) is 0 Å². The summed E-state index contributed by atoms with van der Waals surface area (Å²) in [6.07, 6.45) is 27.3. The van der Waals surface area contributed by atoms with Gasteiger partial charge in [-0.15, -0.1) is 0 Å². The number of rotatable bonds is 73. The van der Waals surface area contributed by atoms with Gasteiger partial charge in [0.05, 0.1) is 13.2 Å². The van der Waals surface area contributed by atoms with E-state index in [-0.39, 0.29) is 25.7 Å². The Morgan fingerprint density at radius 1 is 0.362 bits per heavy atom. The second-order valence-electron chi connectivity index (χ2n) is 33.1. The third-order valence-corrected chi connectivity index (χ3v) is 23.5. The zero-order valence-electron chi connectivity index (χ0n) is 72.2. The Kier molecular flexibility index (Phi) is 62.8. The predicted molar refractivity (Wildman–Crippen MR) is 449 cm³/mol. The van der Waals surface area contributed by atoms with Gasteiger partial charge < -0.3 is 88.7 Å². The van der Waals surface area contributed by atoms with Crippen LogP contribution in [0.15, 0.2) is 36.5 Å². The van der Waals surface area contributed by atoms with Gasteiger partial charge in [-0.2, -0.15) is 0 Å². The fourth-order valence-corrected chi connectivity index (χ4v) is 16.0. The number of allylic oxidation sites excluding steroid dienone is 6. The maximum absolute atomic E-state index is 14.9. The van der Waals surface area contributed by atoms with Crippen molar-refractivity contribution in [3.05, 3.63) is 36.5 Å². The Bertz CT molecular complexity index is 2580. The molecule has 10 N–H and O–H groups in total. The number of carbonyl (C=O) groups is 4. The molecular weight excluding hydrogens is 1510 g/mol. The monoisotopic (exact) mass is 1680 g/mol. The number of unbranched alkanes of at least 4 members (excludes halogenated alkanes) is 39. The number of ether oxygens (including phenoxy) is 8. The topological polar surface area (TPSA) is 380 Å². The molecule has 0 bridgehead atoms. The second-order valence-corrected chi connectivity index (χ2v) is 34.5. The standard InChI is InChI=1S/C90H163O25P/c1-6-10-14-18-22-25-28-31-32-35-38-41-44-52-58-64-76(95)112-85-81(100)82(101)86(113-89-83(102)79(98)77(96)71(65-91)110-89)88(87(85)114-90-84(103)80(99)78(97)72(111-90)68-107-74(93)62-56-49-42-39-36-33-29-26-23-19-15-11-7-2)115-116(104,105)108-67-70(109-75(94)63-57-51-43-40-37-34-30-27-24-20-16-12-8-3)66-106-73(92)61-55-50-46-45-48-54-60-69(5)59-53-47-21-17-13-9-4/h25,28,33-34,36-37,69-72,77-91,96-103H,6-24,26-27,29-32,35,38-68H2,1-5H3,(H,104,105)/b28-25-,36-33-,37-34-. The molecule has 116 heavy (non-hydrogen) atoms. The molecule has 1 aliphatic carbocycles. The van der Waals surface area contributed by atoms with Crippen molar-refractivity contribution in [2.75, 3.05) is 26.4 Å². The van der Waals surface area contributed by atoms with Crippen LogP contribution in [0.3, 0.4) is 0 Å². The van der Waals surface area contributed by atoms with E-state index in [1.54, 1.807) is 0 Å². The molecule has 678 valence electrons. The number of carbonyl (C=O) groups excluding carboxylic acids is 4. The lowest BCUT2D eigenvalue weighted by molar-refractivity contribution is -0.360. The summed E-state index contributed by atoms with van der Waals surface area (Å²) >= 11 is 0. The van der Waals surface area contributed by atoms with Gasteiger partial charge in [-0.1, -0.05) is 283 Å². The van der Waals surface area contributed by atoms with Gasteiger partial charge in [0.15, 0.2) is 24.8 Å². The molecule has 3 aliphatic rings. The average Bonchev–Trinajstić information content (AvgIpc) is 0.754. The summed E-state index contributed by atoms with van der Waals surface area (Å²) in [6.45, 7) is 7.85. The minimum absolute atomic E-state index is 0.00847. The molecule has 0 aromatic carbocycles. The second kappa shape index (κ2) is 68.2. The Morgan fingerprint density at radius 2 is 0.698 bits per heavy atom. The molecule has 0 spiro atoms. The van der Waals surface area contributed by atoms with Crippen molar-refractivity contribution >= 4 is 31.7 Å². The highest BCUT2D eigenvalue weighted by molar-refractivity contribution is 7.47. The molecular formula is C90H163O25P. The van der Waals surface area contributed by atoms with E-state index in [1.807, 2.05) is 0 Å². The molecule has 2 saturated heterocycles. The van der Waals surface area contributed by atoms with E-state index in [2.05, 4.69) is 71.1 Å². The van der Waals surface area contributed by atoms with E-state index < -0.39 is 162 Å². The summed E-state index contributed by atoms with van der Waals surface area (Å²) in [6, 6.07) is 0. The summed E-state index contributed by atoms with van der Waals surface area (Å²) in [5, 5.41) is 102. The average molecular weight is 1680 g/mol. The normalized spacial score (nSPS) is 25.6. The molecule has 0 aromatic heterocycles. The van der Waals surface area contributed by atoms with Gasteiger partial charge in [0.25, 0.3) is 0 Å². The summed E-state index contributed by atoms with van der Waals surface area (Å²) in [7, 11) is -5.81. The summed E-state index contributed by atoms with van der Waals surface area (Å²) in [5.74, 6) is -2.33. The first-order valence-corrected chi connectivity index (χ1v) is 47.6. The van der Waals surface area contributed by atoms with Crippen LogP contribution in [0.5, 0.6) is 0 Å². The number of aliphatic hydroxyl groups excluding tert-OH is 9. The van der Waals surface area contributed by atoms with Crippen LogP contribution in [0.25, 0.3) is 0 Å². The molecule has 0 amide bonds. The summed E-state index contributed by atoms with van der Waals surface area (Å²) in [5.41, 5.74) is 0. The SMILES string of the molecule is CCCCCC/C=C\CCCCCCCCCC(=O)OC1C(O)C(O)C(OC2OC(CO)C(O)C(O)C2O)C(OP(=O)(O)OCC(COC(=O)CCCCCCCCC(C)CCCCCCCC)OC(=O)CCCCC/C=C\CCCCCCCC)C1OC1OC(COC(=O)CCCCC/C=C\CCCCCCCC)C(O)C(O)C1O. The number of phosphoric ester groups is 1. The van der Waals surface area contributed by atoms with Crippen LogP contribution in [0, 0.1) is 5.92 Å². The van der Waals surface area contributed by atoms with Crippen LogP contribution in [-0.2, 0) is 70.7 Å². The third-order valence-electron chi connectivity index (χ3n) is 22.5. The lowest BCUT2D eigenvalue weighted by Crippen LogP contribution is -2.70. The van der Waals surface area contributed by atoms with Crippen LogP contribution < -0.4 is 0 Å². The Morgan fingerprint density at radius 3 is 1.13 bits per heavy atom. The first-order valence-electron chi connectivity index (χ1n) is 46.1.